The SMILES string of the molecule is CN1C(=O)C(C)(C)COc2ccc(NS(=O)(=O)c3ccc(Br)cc3)cc21. The van der Waals surface area contributed by atoms with Crippen LogP contribution in [0.1, 0.15) is 13.8 Å². The third-order valence-electron chi connectivity index (χ3n) is 4.17. The van der Waals surface area contributed by atoms with E-state index in [2.05, 4.69) is 20.7 Å². The van der Waals surface area contributed by atoms with Crippen molar-refractivity contribution in [3.8, 4) is 5.75 Å². The Morgan fingerprint density at radius 2 is 1.81 bits per heavy atom. The van der Waals surface area contributed by atoms with Gasteiger partial charge < -0.3 is 9.64 Å². The molecule has 0 spiro atoms. The van der Waals surface area contributed by atoms with E-state index in [4.69, 9.17) is 4.74 Å². The summed E-state index contributed by atoms with van der Waals surface area (Å²) in [7, 11) is -2.08. The van der Waals surface area contributed by atoms with Gasteiger partial charge in [0.25, 0.3) is 10.0 Å². The largest absolute Gasteiger partial charge is 0.490 e. The normalized spacial score (nSPS) is 16.5. The van der Waals surface area contributed by atoms with Crippen LogP contribution in [0.5, 0.6) is 5.75 Å². The number of amides is 1. The highest BCUT2D eigenvalue weighted by atomic mass is 79.9. The second kappa shape index (κ2) is 6.59. The fourth-order valence-corrected chi connectivity index (χ4v) is 3.99. The second-order valence-corrected chi connectivity index (χ2v) is 9.38. The molecule has 6 nitrogen and oxygen atoms in total. The fraction of sp³-hybridized carbons (Fsp3) is 0.278. The molecule has 1 aliphatic rings. The van der Waals surface area contributed by atoms with Gasteiger partial charge in [-0.2, -0.15) is 0 Å². The lowest BCUT2D eigenvalue weighted by molar-refractivity contribution is -0.127. The molecule has 1 heterocycles. The number of hydrogen-bond donors (Lipinski definition) is 1. The number of nitrogens with zero attached hydrogens (tertiary/aromatic N) is 1. The minimum absolute atomic E-state index is 0.0934. The summed E-state index contributed by atoms with van der Waals surface area (Å²) in [4.78, 5) is 14.2. The van der Waals surface area contributed by atoms with Crippen molar-refractivity contribution in [3.63, 3.8) is 0 Å². The average molecular weight is 439 g/mol. The van der Waals surface area contributed by atoms with E-state index in [-0.39, 0.29) is 17.4 Å². The predicted octanol–water partition coefficient (Wildman–Crippen LogP) is 3.63. The van der Waals surface area contributed by atoms with E-state index < -0.39 is 15.4 Å². The summed E-state index contributed by atoms with van der Waals surface area (Å²) < 4.78 is 34.2. The molecule has 0 bridgehead atoms. The molecular weight excluding hydrogens is 420 g/mol. The molecule has 8 heteroatoms. The van der Waals surface area contributed by atoms with Gasteiger partial charge in [-0.05, 0) is 56.3 Å². The molecule has 138 valence electrons. The maximum absolute atomic E-state index is 12.6. The Bertz CT molecular complexity index is 956. The average Bonchev–Trinajstić information content (AvgIpc) is 2.66. The molecule has 0 fully saturated rings. The van der Waals surface area contributed by atoms with Crippen LogP contribution in [0, 0.1) is 5.41 Å². The number of anilines is 2. The van der Waals surface area contributed by atoms with Crippen LogP contribution in [-0.2, 0) is 14.8 Å². The van der Waals surface area contributed by atoms with E-state index in [9.17, 15) is 13.2 Å². The molecular formula is C18H19BrN2O4S. The van der Waals surface area contributed by atoms with E-state index in [0.717, 1.165) is 4.47 Å². The van der Waals surface area contributed by atoms with Crippen molar-refractivity contribution in [3.05, 3.63) is 46.9 Å². The molecule has 26 heavy (non-hydrogen) atoms. The molecule has 0 saturated heterocycles. The van der Waals surface area contributed by atoms with E-state index in [1.54, 1.807) is 37.4 Å². The van der Waals surface area contributed by atoms with Gasteiger partial charge in [-0.25, -0.2) is 8.42 Å². The maximum atomic E-state index is 12.6. The van der Waals surface area contributed by atoms with Gasteiger partial charge in [0.15, 0.2) is 0 Å². The van der Waals surface area contributed by atoms with Gasteiger partial charge >= 0.3 is 0 Å². The Balaban J connectivity index is 1.93. The smallest absolute Gasteiger partial charge is 0.261 e. The number of nitrogens with one attached hydrogen (secondary N) is 1. The summed E-state index contributed by atoms with van der Waals surface area (Å²) in [5, 5.41) is 0. The highest BCUT2D eigenvalue weighted by molar-refractivity contribution is 9.10. The number of hydrogen-bond acceptors (Lipinski definition) is 4. The number of fused-ring (bicyclic) bond motifs is 1. The Hall–Kier alpha value is -2.06. The van der Waals surface area contributed by atoms with E-state index in [1.807, 2.05) is 13.8 Å². The Morgan fingerprint density at radius 1 is 1.15 bits per heavy atom. The number of ether oxygens (including phenoxy) is 1. The molecule has 2 aromatic carbocycles. The van der Waals surface area contributed by atoms with Gasteiger partial charge in [-0.15, -0.1) is 0 Å². The molecule has 0 unspecified atom stereocenters. The molecule has 0 radical (unpaired) electrons. The lowest BCUT2D eigenvalue weighted by atomic mass is 9.93. The predicted molar refractivity (Wildman–Crippen MR) is 104 cm³/mol. The minimum Gasteiger partial charge on any atom is -0.490 e. The third kappa shape index (κ3) is 3.57. The summed E-state index contributed by atoms with van der Waals surface area (Å²) >= 11 is 3.28. The van der Waals surface area contributed by atoms with Crippen LogP contribution >= 0.6 is 15.9 Å². The topological polar surface area (TPSA) is 75.7 Å². The molecule has 3 rings (SSSR count). The zero-order valence-corrected chi connectivity index (χ0v) is 17.0. The van der Waals surface area contributed by atoms with Gasteiger partial charge in [0.05, 0.1) is 21.7 Å². The maximum Gasteiger partial charge on any atom is 0.261 e. The van der Waals surface area contributed by atoms with Crippen molar-refractivity contribution < 1.29 is 17.9 Å². The van der Waals surface area contributed by atoms with Crippen molar-refractivity contribution in [2.75, 3.05) is 23.3 Å². The lowest BCUT2D eigenvalue weighted by Crippen LogP contribution is -2.39. The molecule has 1 amide bonds. The summed E-state index contributed by atoms with van der Waals surface area (Å²) in [5.41, 5.74) is 0.219. The van der Waals surface area contributed by atoms with Gasteiger partial charge in [-0.1, -0.05) is 15.9 Å². The first-order valence-electron chi connectivity index (χ1n) is 7.93. The van der Waals surface area contributed by atoms with Crippen LogP contribution in [0.3, 0.4) is 0 Å². The molecule has 0 saturated carbocycles. The minimum atomic E-state index is -3.73. The highest BCUT2D eigenvalue weighted by Gasteiger charge is 2.36. The monoisotopic (exact) mass is 438 g/mol. The second-order valence-electron chi connectivity index (χ2n) is 6.78. The van der Waals surface area contributed by atoms with Crippen molar-refractivity contribution >= 4 is 43.2 Å². The van der Waals surface area contributed by atoms with Crippen LogP contribution in [0.2, 0.25) is 0 Å². The van der Waals surface area contributed by atoms with Gasteiger partial charge in [0.2, 0.25) is 5.91 Å². The highest BCUT2D eigenvalue weighted by Crippen LogP contribution is 2.37. The standard InChI is InChI=1S/C18H19BrN2O4S/c1-18(2)11-25-16-9-6-13(10-15(16)21(3)17(18)22)20-26(23,24)14-7-4-12(19)5-8-14/h4-10,20H,11H2,1-3H3. The zero-order valence-electron chi connectivity index (χ0n) is 14.6. The molecule has 0 atom stereocenters. The molecule has 0 aliphatic carbocycles. The zero-order chi connectivity index (χ0) is 19.1. The molecule has 2 aromatic rings. The first-order chi connectivity index (χ1) is 12.1. The van der Waals surface area contributed by atoms with Crippen molar-refractivity contribution in [2.45, 2.75) is 18.7 Å². The molecule has 0 aromatic heterocycles. The Labute approximate surface area is 161 Å². The number of rotatable bonds is 3. The number of carbonyl (C=O) groups is 1. The van der Waals surface area contributed by atoms with E-state index in [0.29, 0.717) is 17.1 Å². The van der Waals surface area contributed by atoms with Crippen LogP contribution in [-0.4, -0.2) is 28.0 Å². The number of carbonyl (C=O) groups excluding carboxylic acids is 1. The Kier molecular flexibility index (Phi) is 4.74. The fourth-order valence-electron chi connectivity index (χ4n) is 2.68. The quantitative estimate of drug-likeness (QED) is 0.793. The molecule has 1 aliphatic heterocycles. The van der Waals surface area contributed by atoms with Crippen LogP contribution in [0.25, 0.3) is 0 Å². The van der Waals surface area contributed by atoms with Crippen molar-refractivity contribution in [1.29, 1.82) is 0 Å². The van der Waals surface area contributed by atoms with Crippen molar-refractivity contribution in [1.82, 2.24) is 0 Å². The molecule has 1 N–H and O–H groups in total. The summed E-state index contributed by atoms with van der Waals surface area (Å²) in [6.07, 6.45) is 0. The first-order valence-corrected chi connectivity index (χ1v) is 10.2. The first kappa shape index (κ1) is 18.7. The van der Waals surface area contributed by atoms with Crippen LogP contribution < -0.4 is 14.4 Å². The number of sulfonamides is 1. The van der Waals surface area contributed by atoms with Crippen LogP contribution in [0.4, 0.5) is 11.4 Å². The third-order valence-corrected chi connectivity index (χ3v) is 6.09. The summed E-state index contributed by atoms with van der Waals surface area (Å²) in [6.45, 7) is 3.89. The number of halogens is 1. The summed E-state index contributed by atoms with van der Waals surface area (Å²) in [5.74, 6) is 0.446. The van der Waals surface area contributed by atoms with Gasteiger partial charge in [0.1, 0.15) is 12.4 Å². The van der Waals surface area contributed by atoms with E-state index in [1.165, 1.54) is 17.0 Å². The lowest BCUT2D eigenvalue weighted by Gasteiger charge is -2.24. The summed E-state index contributed by atoms with van der Waals surface area (Å²) in [6, 6.07) is 11.2. The van der Waals surface area contributed by atoms with E-state index >= 15 is 0 Å². The number of benzene rings is 2. The Morgan fingerprint density at radius 3 is 2.46 bits per heavy atom. The van der Waals surface area contributed by atoms with Gasteiger partial charge in [0, 0.05) is 11.5 Å². The van der Waals surface area contributed by atoms with Crippen molar-refractivity contribution in [2.24, 2.45) is 5.41 Å². The van der Waals surface area contributed by atoms with Crippen LogP contribution in [0.15, 0.2) is 51.8 Å². The van der Waals surface area contributed by atoms with Gasteiger partial charge in [-0.3, -0.25) is 9.52 Å².